The van der Waals surface area contributed by atoms with Gasteiger partial charge in [-0.15, -0.1) is 0 Å². The lowest BCUT2D eigenvalue weighted by atomic mass is 10.2. The number of aromatic nitrogens is 1. The van der Waals surface area contributed by atoms with E-state index in [2.05, 4.69) is 50.1 Å². The quantitative estimate of drug-likeness (QED) is 0.886. The second kappa shape index (κ2) is 5.16. The van der Waals surface area contributed by atoms with Crippen LogP contribution in [0.25, 0.3) is 10.2 Å². The van der Waals surface area contributed by atoms with Crippen molar-refractivity contribution in [1.29, 1.82) is 0 Å². The first-order chi connectivity index (χ1) is 8.31. The summed E-state index contributed by atoms with van der Waals surface area (Å²) in [6.45, 7) is 0. The number of thiazole rings is 1. The van der Waals surface area contributed by atoms with Crippen LogP contribution < -0.4 is 5.32 Å². The third-order valence-corrected chi connectivity index (χ3v) is 5.39. The zero-order valence-corrected chi connectivity index (χ0v) is 12.5. The minimum Gasteiger partial charge on any atom is -0.359 e. The van der Waals surface area contributed by atoms with Gasteiger partial charge in [-0.05, 0) is 42.5 Å². The van der Waals surface area contributed by atoms with E-state index in [1.165, 1.54) is 29.0 Å². The number of hydrogen-bond donors (Lipinski definition) is 1. The van der Waals surface area contributed by atoms with E-state index in [0.717, 1.165) is 15.1 Å². The minimum absolute atomic E-state index is 0.611. The first kappa shape index (κ1) is 11.8. The molecule has 1 aromatic heterocycles. The summed E-state index contributed by atoms with van der Waals surface area (Å²) >= 11 is 7.29. The van der Waals surface area contributed by atoms with Crippen molar-refractivity contribution in [2.75, 3.05) is 16.8 Å². The van der Waals surface area contributed by atoms with Crippen molar-refractivity contribution in [1.82, 2.24) is 4.98 Å². The van der Waals surface area contributed by atoms with E-state index < -0.39 is 0 Å². The standard InChI is InChI=1S/C12H13BrN2S2/c13-8-1-2-10-11(7-8)17-12(15-10)14-9-3-5-16-6-4-9/h1-2,7,9H,3-6H2,(H,14,15). The van der Waals surface area contributed by atoms with Crippen LogP contribution in [0.4, 0.5) is 5.13 Å². The fraction of sp³-hybridized carbons (Fsp3) is 0.417. The van der Waals surface area contributed by atoms with Gasteiger partial charge in [0.1, 0.15) is 0 Å². The molecule has 2 nitrogen and oxygen atoms in total. The molecule has 90 valence electrons. The number of fused-ring (bicyclic) bond motifs is 1. The predicted molar refractivity (Wildman–Crippen MR) is 81.3 cm³/mol. The van der Waals surface area contributed by atoms with E-state index in [-0.39, 0.29) is 0 Å². The normalized spacial score (nSPS) is 17.5. The van der Waals surface area contributed by atoms with Gasteiger partial charge in [-0.1, -0.05) is 27.3 Å². The number of nitrogens with one attached hydrogen (secondary N) is 1. The molecule has 1 fully saturated rings. The van der Waals surface area contributed by atoms with Crippen molar-refractivity contribution >= 4 is 54.4 Å². The molecule has 0 bridgehead atoms. The Morgan fingerprint density at radius 2 is 2.12 bits per heavy atom. The van der Waals surface area contributed by atoms with Crippen LogP contribution in [0.1, 0.15) is 12.8 Å². The van der Waals surface area contributed by atoms with Crippen LogP contribution in [0.5, 0.6) is 0 Å². The highest BCUT2D eigenvalue weighted by Crippen LogP contribution is 2.30. The van der Waals surface area contributed by atoms with E-state index in [4.69, 9.17) is 0 Å². The first-order valence-electron chi connectivity index (χ1n) is 5.71. The zero-order valence-electron chi connectivity index (χ0n) is 9.28. The van der Waals surface area contributed by atoms with Crippen molar-refractivity contribution in [3.63, 3.8) is 0 Å². The second-order valence-electron chi connectivity index (χ2n) is 4.16. The van der Waals surface area contributed by atoms with Gasteiger partial charge in [-0.2, -0.15) is 11.8 Å². The molecule has 3 rings (SSSR count). The van der Waals surface area contributed by atoms with Gasteiger partial charge in [0.2, 0.25) is 0 Å². The van der Waals surface area contributed by atoms with Gasteiger partial charge in [0.25, 0.3) is 0 Å². The fourth-order valence-electron chi connectivity index (χ4n) is 1.98. The lowest BCUT2D eigenvalue weighted by molar-refractivity contribution is 0.666. The molecule has 2 aromatic rings. The highest BCUT2D eigenvalue weighted by molar-refractivity contribution is 9.10. The monoisotopic (exact) mass is 328 g/mol. The van der Waals surface area contributed by atoms with Gasteiger partial charge in [0, 0.05) is 10.5 Å². The van der Waals surface area contributed by atoms with E-state index in [1.807, 2.05) is 6.07 Å². The lowest BCUT2D eigenvalue weighted by Crippen LogP contribution is -2.24. The topological polar surface area (TPSA) is 24.9 Å². The van der Waals surface area contributed by atoms with Gasteiger partial charge < -0.3 is 5.32 Å². The van der Waals surface area contributed by atoms with Crippen LogP contribution >= 0.6 is 39.0 Å². The smallest absolute Gasteiger partial charge is 0.184 e. The molecular formula is C12H13BrN2S2. The number of halogens is 1. The summed E-state index contributed by atoms with van der Waals surface area (Å²) in [6, 6.07) is 6.86. The maximum atomic E-state index is 4.63. The van der Waals surface area contributed by atoms with E-state index in [9.17, 15) is 0 Å². The number of anilines is 1. The zero-order chi connectivity index (χ0) is 11.7. The number of rotatable bonds is 2. The number of thioether (sulfide) groups is 1. The third-order valence-electron chi connectivity index (χ3n) is 2.90. The van der Waals surface area contributed by atoms with Crippen molar-refractivity contribution in [2.24, 2.45) is 0 Å². The molecule has 17 heavy (non-hydrogen) atoms. The molecule has 0 atom stereocenters. The maximum absolute atomic E-state index is 4.63. The van der Waals surface area contributed by atoms with Gasteiger partial charge in [0.15, 0.2) is 5.13 Å². The number of benzene rings is 1. The molecule has 0 aliphatic carbocycles. The van der Waals surface area contributed by atoms with Crippen molar-refractivity contribution in [3.05, 3.63) is 22.7 Å². The van der Waals surface area contributed by atoms with E-state index in [0.29, 0.717) is 6.04 Å². The molecule has 5 heteroatoms. The van der Waals surface area contributed by atoms with Crippen LogP contribution in [0, 0.1) is 0 Å². The van der Waals surface area contributed by atoms with Crippen LogP contribution in [0.15, 0.2) is 22.7 Å². The Hall–Kier alpha value is -0.260. The summed E-state index contributed by atoms with van der Waals surface area (Å²) in [5, 5.41) is 4.63. The van der Waals surface area contributed by atoms with E-state index >= 15 is 0 Å². The summed E-state index contributed by atoms with van der Waals surface area (Å²) in [4.78, 5) is 4.63. The molecule has 1 N–H and O–H groups in total. The summed E-state index contributed by atoms with van der Waals surface area (Å²) in [5.41, 5.74) is 1.09. The Morgan fingerprint density at radius 3 is 2.94 bits per heavy atom. The third kappa shape index (κ3) is 2.77. The van der Waals surface area contributed by atoms with Crippen LogP contribution in [0.3, 0.4) is 0 Å². The molecule has 2 heterocycles. The fourth-order valence-corrected chi connectivity index (χ4v) is 4.58. The van der Waals surface area contributed by atoms with E-state index in [1.54, 1.807) is 11.3 Å². The highest BCUT2D eigenvalue weighted by Gasteiger charge is 2.15. The van der Waals surface area contributed by atoms with Crippen LogP contribution in [-0.2, 0) is 0 Å². The SMILES string of the molecule is Brc1ccc2nc(NC3CCSCC3)sc2c1. The summed E-state index contributed by atoms with van der Waals surface area (Å²) in [7, 11) is 0. The van der Waals surface area contributed by atoms with Gasteiger partial charge >= 0.3 is 0 Å². The van der Waals surface area contributed by atoms with Gasteiger partial charge in [-0.3, -0.25) is 0 Å². The van der Waals surface area contributed by atoms with Crippen LogP contribution in [0.2, 0.25) is 0 Å². The minimum atomic E-state index is 0.611. The molecule has 1 aliphatic rings. The molecule has 0 radical (unpaired) electrons. The Balaban J connectivity index is 1.80. The van der Waals surface area contributed by atoms with Gasteiger partial charge in [-0.25, -0.2) is 4.98 Å². The van der Waals surface area contributed by atoms with Crippen molar-refractivity contribution < 1.29 is 0 Å². The Morgan fingerprint density at radius 1 is 1.29 bits per heavy atom. The molecule has 1 aromatic carbocycles. The lowest BCUT2D eigenvalue weighted by Gasteiger charge is -2.21. The molecule has 1 aliphatic heterocycles. The Bertz CT molecular complexity index is 520. The predicted octanol–water partition coefficient (Wildman–Crippen LogP) is 4.37. The number of nitrogens with zero attached hydrogens (tertiary/aromatic N) is 1. The highest BCUT2D eigenvalue weighted by atomic mass is 79.9. The molecular weight excluding hydrogens is 316 g/mol. The molecule has 0 unspecified atom stereocenters. The average Bonchev–Trinajstić information content (AvgIpc) is 2.71. The molecule has 0 spiro atoms. The van der Waals surface area contributed by atoms with Crippen molar-refractivity contribution in [3.8, 4) is 0 Å². The summed E-state index contributed by atoms with van der Waals surface area (Å²) in [5.74, 6) is 2.54. The van der Waals surface area contributed by atoms with Crippen molar-refractivity contribution in [2.45, 2.75) is 18.9 Å². The Kier molecular flexibility index (Phi) is 3.59. The number of hydrogen-bond acceptors (Lipinski definition) is 4. The summed E-state index contributed by atoms with van der Waals surface area (Å²) < 4.78 is 2.36. The molecule has 0 amide bonds. The molecule has 0 saturated carbocycles. The maximum Gasteiger partial charge on any atom is 0.184 e. The molecule has 1 saturated heterocycles. The van der Waals surface area contributed by atoms with Gasteiger partial charge in [0.05, 0.1) is 10.2 Å². The first-order valence-corrected chi connectivity index (χ1v) is 8.48. The average molecular weight is 329 g/mol. The largest absolute Gasteiger partial charge is 0.359 e. The van der Waals surface area contributed by atoms with Crippen LogP contribution in [-0.4, -0.2) is 22.5 Å². The summed E-state index contributed by atoms with van der Waals surface area (Å²) in [6.07, 6.45) is 2.51. The second-order valence-corrected chi connectivity index (χ2v) is 7.33. The Labute approximate surface area is 117 Å².